The number of carbonyl (C=O) groups is 1. The number of halogens is 2. The monoisotopic (exact) mass is 382 g/mol. The van der Waals surface area contributed by atoms with Gasteiger partial charge in [0.15, 0.2) is 0 Å². The molecule has 1 aromatic carbocycles. The number of likely N-dealkylation sites (tertiary alicyclic amines) is 1. The molecule has 0 unspecified atom stereocenters. The van der Waals surface area contributed by atoms with Gasteiger partial charge in [0, 0.05) is 25.6 Å². The van der Waals surface area contributed by atoms with Gasteiger partial charge in [-0.05, 0) is 37.9 Å². The zero-order valence-corrected chi connectivity index (χ0v) is 15.9. The van der Waals surface area contributed by atoms with E-state index in [1.165, 1.54) is 6.07 Å². The predicted octanol–water partition coefficient (Wildman–Crippen LogP) is 2.02. The van der Waals surface area contributed by atoms with Crippen LogP contribution < -0.4 is 5.32 Å². The summed E-state index contributed by atoms with van der Waals surface area (Å²) in [4.78, 5) is 14.9. The molecule has 7 heteroatoms. The van der Waals surface area contributed by atoms with Gasteiger partial charge >= 0.3 is 0 Å². The predicted molar refractivity (Wildman–Crippen MR) is 97.3 cm³/mol. The minimum absolute atomic E-state index is 0.130. The van der Waals surface area contributed by atoms with E-state index in [0.717, 1.165) is 44.6 Å². The van der Waals surface area contributed by atoms with Crippen LogP contribution in [0.3, 0.4) is 0 Å². The number of ether oxygens (including phenoxy) is 1. The summed E-state index contributed by atoms with van der Waals surface area (Å²) in [5, 5.41) is 13.4. The molecule has 1 amide bonds. The van der Waals surface area contributed by atoms with Crippen molar-refractivity contribution in [3.05, 3.63) is 35.4 Å². The molecule has 2 atom stereocenters. The van der Waals surface area contributed by atoms with E-state index >= 15 is 0 Å². The highest BCUT2D eigenvalue weighted by molar-refractivity contribution is 5.79. The number of nitrogens with zero attached hydrogens (tertiary/aromatic N) is 1. The topological polar surface area (TPSA) is 61.8 Å². The lowest BCUT2D eigenvalue weighted by Gasteiger charge is -2.52. The molecular weight excluding hydrogens is 354 g/mol. The molecule has 0 aromatic heterocycles. The van der Waals surface area contributed by atoms with Crippen LogP contribution in [0.25, 0.3) is 0 Å². The zero-order chi connectivity index (χ0) is 19.7. The summed E-state index contributed by atoms with van der Waals surface area (Å²) in [6.45, 7) is 6.95. The van der Waals surface area contributed by atoms with E-state index < -0.39 is 29.2 Å². The lowest BCUT2D eigenvalue weighted by molar-refractivity contribution is -0.181. The molecule has 3 rings (SSSR count). The van der Waals surface area contributed by atoms with Crippen molar-refractivity contribution in [1.82, 2.24) is 10.2 Å². The quantitative estimate of drug-likeness (QED) is 0.837. The summed E-state index contributed by atoms with van der Waals surface area (Å²) in [7, 11) is 0. The fraction of sp³-hybridized carbons (Fsp3) is 0.650. The highest BCUT2D eigenvalue weighted by Gasteiger charge is 2.49. The van der Waals surface area contributed by atoms with Crippen molar-refractivity contribution in [2.24, 2.45) is 0 Å². The molecule has 0 saturated carbocycles. The Morgan fingerprint density at radius 3 is 2.70 bits per heavy atom. The summed E-state index contributed by atoms with van der Waals surface area (Å²) in [6, 6.07) is 3.17. The number of benzene rings is 1. The van der Waals surface area contributed by atoms with Crippen molar-refractivity contribution in [1.29, 1.82) is 0 Å². The maximum absolute atomic E-state index is 13.8. The smallest absolute Gasteiger partial charge is 0.225 e. The number of amides is 1. The first kappa shape index (κ1) is 20.2. The first-order valence-electron chi connectivity index (χ1n) is 9.55. The first-order chi connectivity index (χ1) is 12.8. The van der Waals surface area contributed by atoms with Gasteiger partial charge in [0.2, 0.25) is 5.91 Å². The third-order valence-corrected chi connectivity index (χ3v) is 5.98. The van der Waals surface area contributed by atoms with Crippen molar-refractivity contribution in [3.8, 4) is 0 Å². The Bertz CT molecular complexity index is 692. The highest BCUT2D eigenvalue weighted by Crippen LogP contribution is 2.39. The van der Waals surface area contributed by atoms with Crippen molar-refractivity contribution in [2.45, 2.75) is 56.8 Å². The lowest BCUT2D eigenvalue weighted by atomic mass is 9.74. The molecule has 1 aromatic rings. The number of hydrogen-bond acceptors (Lipinski definition) is 4. The second-order valence-corrected chi connectivity index (χ2v) is 8.00. The molecular formula is C20H28F2N2O3. The van der Waals surface area contributed by atoms with Crippen LogP contribution in [0.5, 0.6) is 0 Å². The Morgan fingerprint density at radius 1 is 1.37 bits per heavy atom. The Kier molecular flexibility index (Phi) is 5.84. The largest absolute Gasteiger partial charge is 0.388 e. The Labute approximate surface area is 158 Å². The average Bonchev–Trinajstić information content (AvgIpc) is 2.62. The van der Waals surface area contributed by atoms with E-state index in [-0.39, 0.29) is 24.2 Å². The van der Waals surface area contributed by atoms with Crippen LogP contribution in [0.2, 0.25) is 0 Å². The van der Waals surface area contributed by atoms with Crippen molar-refractivity contribution >= 4 is 5.91 Å². The third kappa shape index (κ3) is 4.47. The fourth-order valence-corrected chi connectivity index (χ4v) is 4.20. The molecule has 150 valence electrons. The summed E-state index contributed by atoms with van der Waals surface area (Å²) < 4.78 is 32.9. The molecule has 2 aliphatic rings. The van der Waals surface area contributed by atoms with Crippen LogP contribution in [0, 0.1) is 11.6 Å². The van der Waals surface area contributed by atoms with Gasteiger partial charge in [-0.15, -0.1) is 0 Å². The molecule has 0 aliphatic carbocycles. The molecule has 2 aliphatic heterocycles. The molecule has 0 bridgehead atoms. The van der Waals surface area contributed by atoms with Gasteiger partial charge < -0.3 is 20.1 Å². The number of piperidine rings is 1. The molecule has 5 nitrogen and oxygen atoms in total. The maximum Gasteiger partial charge on any atom is 0.225 e. The molecule has 27 heavy (non-hydrogen) atoms. The van der Waals surface area contributed by atoms with Gasteiger partial charge in [0.25, 0.3) is 0 Å². The number of nitrogens with one attached hydrogen (secondary N) is 1. The average molecular weight is 382 g/mol. The van der Waals surface area contributed by atoms with Crippen LogP contribution in [-0.2, 0) is 16.0 Å². The van der Waals surface area contributed by atoms with Gasteiger partial charge in [-0.3, -0.25) is 4.79 Å². The van der Waals surface area contributed by atoms with Gasteiger partial charge in [-0.25, -0.2) is 8.78 Å². The van der Waals surface area contributed by atoms with Crippen LogP contribution in [0.1, 0.15) is 38.7 Å². The summed E-state index contributed by atoms with van der Waals surface area (Å²) in [5.74, 6) is -1.82. The number of carbonyl (C=O) groups excluding carboxylic acids is 1. The van der Waals surface area contributed by atoms with Crippen LogP contribution in [0.15, 0.2) is 18.2 Å². The van der Waals surface area contributed by atoms with E-state index in [2.05, 4.69) is 17.1 Å². The Balaban J connectivity index is 1.67. The second-order valence-electron chi connectivity index (χ2n) is 8.00. The summed E-state index contributed by atoms with van der Waals surface area (Å²) in [6.07, 6.45) is 1.17. The number of hydrogen-bond donors (Lipinski definition) is 2. The minimum atomic E-state index is -0.847. The summed E-state index contributed by atoms with van der Waals surface area (Å²) in [5.41, 5.74) is -1.07. The lowest BCUT2D eigenvalue weighted by Crippen LogP contribution is -2.65. The maximum atomic E-state index is 13.8. The normalized spacial score (nSPS) is 28.3. The number of aliphatic hydroxyl groups excluding tert-OH is 1. The second kappa shape index (κ2) is 7.81. The van der Waals surface area contributed by atoms with Gasteiger partial charge in [-0.2, -0.15) is 0 Å². The van der Waals surface area contributed by atoms with Crippen LogP contribution >= 0.6 is 0 Å². The molecule has 0 radical (unpaired) electrons. The minimum Gasteiger partial charge on any atom is -0.388 e. The zero-order valence-electron chi connectivity index (χ0n) is 15.9. The highest BCUT2D eigenvalue weighted by atomic mass is 19.1. The van der Waals surface area contributed by atoms with Crippen LogP contribution in [-0.4, -0.2) is 59.4 Å². The van der Waals surface area contributed by atoms with E-state index in [9.17, 15) is 18.7 Å². The standard InChI is InChI=1S/C20H28F2N2O3/c1-3-24-8-6-20(7-9-24)13-19(2,17(25)12-27-20)23-18(26)10-14-4-5-15(21)11-16(14)22/h4-5,11,17,25H,3,6-10,12-13H2,1-2H3,(H,23,26)/t17-,19-/m1/s1. The Hall–Kier alpha value is -1.57. The van der Waals surface area contributed by atoms with E-state index in [4.69, 9.17) is 4.74 Å². The van der Waals surface area contributed by atoms with Crippen LogP contribution in [0.4, 0.5) is 8.78 Å². The number of rotatable bonds is 4. The number of aliphatic hydroxyl groups is 1. The Morgan fingerprint density at radius 2 is 2.07 bits per heavy atom. The van der Waals surface area contributed by atoms with Crippen molar-refractivity contribution in [3.63, 3.8) is 0 Å². The first-order valence-corrected chi connectivity index (χ1v) is 9.55. The van der Waals surface area contributed by atoms with Crippen molar-refractivity contribution in [2.75, 3.05) is 26.2 Å². The molecule has 2 heterocycles. The SMILES string of the molecule is CCN1CCC2(CC1)C[C@@](C)(NC(=O)Cc1ccc(F)cc1F)[C@H](O)CO2. The van der Waals surface area contributed by atoms with Gasteiger partial charge in [0.1, 0.15) is 17.7 Å². The molecule has 2 N–H and O–H groups in total. The van der Waals surface area contributed by atoms with E-state index in [0.29, 0.717) is 6.42 Å². The molecule has 1 spiro atoms. The fourth-order valence-electron chi connectivity index (χ4n) is 4.20. The van der Waals surface area contributed by atoms with Crippen molar-refractivity contribution < 1.29 is 23.4 Å². The molecule has 2 fully saturated rings. The van der Waals surface area contributed by atoms with Gasteiger partial charge in [-0.1, -0.05) is 13.0 Å². The van der Waals surface area contributed by atoms with Gasteiger partial charge in [0.05, 0.1) is 24.2 Å². The summed E-state index contributed by atoms with van der Waals surface area (Å²) >= 11 is 0. The molecule has 2 saturated heterocycles. The third-order valence-electron chi connectivity index (χ3n) is 5.98. The van der Waals surface area contributed by atoms with E-state index in [1.807, 2.05) is 6.92 Å². The van der Waals surface area contributed by atoms with E-state index in [1.54, 1.807) is 0 Å².